The van der Waals surface area contributed by atoms with E-state index in [0.717, 1.165) is 24.3 Å². The molecule has 2 aromatic rings. The molecule has 1 heterocycles. The third-order valence-corrected chi connectivity index (χ3v) is 2.52. The van der Waals surface area contributed by atoms with Gasteiger partial charge in [0, 0.05) is 19.3 Å². The van der Waals surface area contributed by atoms with Crippen molar-refractivity contribution in [1.29, 1.82) is 0 Å². The topological polar surface area (TPSA) is 16.1 Å². The van der Waals surface area contributed by atoms with Crippen molar-refractivity contribution < 1.29 is 4.39 Å². The van der Waals surface area contributed by atoms with Gasteiger partial charge < -0.3 is 0 Å². The Morgan fingerprint density at radius 3 is 2.47 bits per heavy atom. The zero-order chi connectivity index (χ0) is 12.1. The molecule has 0 N–H and O–H groups in total. The SMILES string of the molecule is CN(Cc1ccc(F)cc1)Cc1ccccn1. The van der Waals surface area contributed by atoms with Gasteiger partial charge in [0.1, 0.15) is 5.82 Å². The number of rotatable bonds is 4. The van der Waals surface area contributed by atoms with E-state index in [1.165, 1.54) is 12.1 Å². The molecule has 0 fully saturated rings. The quantitative estimate of drug-likeness (QED) is 0.803. The van der Waals surface area contributed by atoms with E-state index in [9.17, 15) is 4.39 Å². The summed E-state index contributed by atoms with van der Waals surface area (Å²) in [5.41, 5.74) is 2.14. The smallest absolute Gasteiger partial charge is 0.123 e. The largest absolute Gasteiger partial charge is 0.296 e. The van der Waals surface area contributed by atoms with E-state index in [0.29, 0.717) is 0 Å². The van der Waals surface area contributed by atoms with Gasteiger partial charge in [-0.05, 0) is 36.9 Å². The van der Waals surface area contributed by atoms with Gasteiger partial charge in [-0.1, -0.05) is 18.2 Å². The molecule has 3 heteroatoms. The number of halogens is 1. The van der Waals surface area contributed by atoms with Gasteiger partial charge in [0.2, 0.25) is 0 Å². The molecule has 0 atom stereocenters. The van der Waals surface area contributed by atoms with Gasteiger partial charge in [0.15, 0.2) is 0 Å². The van der Waals surface area contributed by atoms with Gasteiger partial charge >= 0.3 is 0 Å². The van der Waals surface area contributed by atoms with E-state index >= 15 is 0 Å². The van der Waals surface area contributed by atoms with E-state index in [-0.39, 0.29) is 5.82 Å². The number of pyridine rings is 1. The van der Waals surface area contributed by atoms with Crippen LogP contribution in [-0.4, -0.2) is 16.9 Å². The predicted octanol–water partition coefficient (Wildman–Crippen LogP) is 2.85. The number of aromatic nitrogens is 1. The summed E-state index contributed by atoms with van der Waals surface area (Å²) >= 11 is 0. The first-order valence-corrected chi connectivity index (χ1v) is 5.57. The van der Waals surface area contributed by atoms with Gasteiger partial charge in [-0.25, -0.2) is 4.39 Å². The van der Waals surface area contributed by atoms with E-state index in [1.54, 1.807) is 6.20 Å². The van der Waals surface area contributed by atoms with E-state index < -0.39 is 0 Å². The summed E-state index contributed by atoms with van der Waals surface area (Å²) < 4.78 is 12.7. The van der Waals surface area contributed by atoms with Gasteiger partial charge in [0.05, 0.1) is 5.69 Å². The molecule has 0 saturated heterocycles. The molecule has 0 aliphatic heterocycles. The summed E-state index contributed by atoms with van der Waals surface area (Å²) in [5, 5.41) is 0. The van der Waals surface area contributed by atoms with Crippen LogP contribution in [0.3, 0.4) is 0 Å². The maximum Gasteiger partial charge on any atom is 0.123 e. The lowest BCUT2D eigenvalue weighted by atomic mass is 10.2. The van der Waals surface area contributed by atoms with Crippen molar-refractivity contribution in [3.63, 3.8) is 0 Å². The normalized spacial score (nSPS) is 10.8. The Hall–Kier alpha value is -1.74. The lowest BCUT2D eigenvalue weighted by Gasteiger charge is -2.16. The Morgan fingerprint density at radius 2 is 1.82 bits per heavy atom. The molecule has 0 amide bonds. The highest BCUT2D eigenvalue weighted by molar-refractivity contribution is 5.16. The van der Waals surface area contributed by atoms with Crippen LogP contribution >= 0.6 is 0 Å². The van der Waals surface area contributed by atoms with Gasteiger partial charge in [-0.3, -0.25) is 9.88 Å². The fourth-order valence-electron chi connectivity index (χ4n) is 1.73. The highest BCUT2D eigenvalue weighted by Gasteiger charge is 2.02. The summed E-state index contributed by atoms with van der Waals surface area (Å²) in [6.45, 7) is 1.58. The molecule has 88 valence electrons. The third kappa shape index (κ3) is 3.64. The molecule has 0 aliphatic carbocycles. The Morgan fingerprint density at radius 1 is 1.06 bits per heavy atom. The first-order chi connectivity index (χ1) is 8.24. The highest BCUT2D eigenvalue weighted by Crippen LogP contribution is 2.07. The van der Waals surface area contributed by atoms with Crippen molar-refractivity contribution in [2.24, 2.45) is 0 Å². The molecule has 0 unspecified atom stereocenters. The average Bonchev–Trinajstić information content (AvgIpc) is 2.33. The van der Waals surface area contributed by atoms with Crippen LogP contribution in [0.25, 0.3) is 0 Å². The average molecular weight is 230 g/mol. The van der Waals surface area contributed by atoms with Crippen LogP contribution in [0, 0.1) is 5.82 Å². The molecule has 1 aromatic heterocycles. The second-order valence-electron chi connectivity index (χ2n) is 4.12. The second-order valence-corrected chi connectivity index (χ2v) is 4.12. The van der Waals surface area contributed by atoms with Gasteiger partial charge in [-0.15, -0.1) is 0 Å². The molecule has 2 nitrogen and oxygen atoms in total. The first-order valence-electron chi connectivity index (χ1n) is 5.57. The number of hydrogen-bond acceptors (Lipinski definition) is 2. The lowest BCUT2D eigenvalue weighted by Crippen LogP contribution is -2.17. The van der Waals surface area contributed by atoms with Crippen molar-refractivity contribution in [3.8, 4) is 0 Å². The summed E-state index contributed by atoms with van der Waals surface area (Å²) in [6.07, 6.45) is 1.79. The number of nitrogens with zero attached hydrogens (tertiary/aromatic N) is 2. The van der Waals surface area contributed by atoms with Crippen molar-refractivity contribution in [2.45, 2.75) is 13.1 Å². The van der Waals surface area contributed by atoms with Crippen LogP contribution in [0.4, 0.5) is 4.39 Å². The molecule has 0 saturated carbocycles. The molecule has 1 aromatic carbocycles. The second kappa shape index (κ2) is 5.55. The van der Waals surface area contributed by atoms with Crippen molar-refractivity contribution in [2.75, 3.05) is 7.05 Å². The maximum absolute atomic E-state index is 12.7. The molecule has 0 spiro atoms. The molecular weight excluding hydrogens is 215 g/mol. The fourth-order valence-corrected chi connectivity index (χ4v) is 1.73. The molecule has 0 aliphatic rings. The van der Waals surface area contributed by atoms with E-state index in [4.69, 9.17) is 0 Å². The van der Waals surface area contributed by atoms with Crippen molar-refractivity contribution in [3.05, 3.63) is 65.7 Å². The molecular formula is C14H15FN2. The third-order valence-electron chi connectivity index (χ3n) is 2.52. The monoisotopic (exact) mass is 230 g/mol. The predicted molar refractivity (Wildman–Crippen MR) is 65.8 cm³/mol. The van der Waals surface area contributed by atoms with Crippen molar-refractivity contribution >= 4 is 0 Å². The van der Waals surface area contributed by atoms with Crippen LogP contribution in [0.5, 0.6) is 0 Å². The summed E-state index contributed by atoms with van der Waals surface area (Å²) in [6, 6.07) is 12.5. The zero-order valence-corrected chi connectivity index (χ0v) is 9.81. The minimum atomic E-state index is -0.193. The Kier molecular flexibility index (Phi) is 3.83. The fraction of sp³-hybridized carbons (Fsp3) is 0.214. The zero-order valence-electron chi connectivity index (χ0n) is 9.81. The Labute approximate surface area is 101 Å². The minimum absolute atomic E-state index is 0.193. The first kappa shape index (κ1) is 11.7. The van der Waals surface area contributed by atoms with Crippen molar-refractivity contribution in [1.82, 2.24) is 9.88 Å². The minimum Gasteiger partial charge on any atom is -0.296 e. The molecule has 17 heavy (non-hydrogen) atoms. The van der Waals surface area contributed by atoms with E-state index in [1.807, 2.05) is 37.4 Å². The Bertz CT molecular complexity index is 453. The highest BCUT2D eigenvalue weighted by atomic mass is 19.1. The van der Waals surface area contributed by atoms with Crippen LogP contribution < -0.4 is 0 Å². The standard InChI is InChI=1S/C14H15FN2/c1-17(11-14-4-2-3-9-16-14)10-12-5-7-13(15)8-6-12/h2-9H,10-11H2,1H3. The molecule has 0 radical (unpaired) electrons. The summed E-state index contributed by atoms with van der Waals surface area (Å²) in [4.78, 5) is 6.42. The van der Waals surface area contributed by atoms with Gasteiger partial charge in [-0.2, -0.15) is 0 Å². The van der Waals surface area contributed by atoms with Gasteiger partial charge in [0.25, 0.3) is 0 Å². The number of benzene rings is 1. The molecule has 0 bridgehead atoms. The molecule has 2 rings (SSSR count). The summed E-state index contributed by atoms with van der Waals surface area (Å²) in [5.74, 6) is -0.193. The van der Waals surface area contributed by atoms with Crippen LogP contribution in [-0.2, 0) is 13.1 Å². The van der Waals surface area contributed by atoms with E-state index in [2.05, 4.69) is 9.88 Å². The lowest BCUT2D eigenvalue weighted by molar-refractivity contribution is 0.315. The van der Waals surface area contributed by atoms with Crippen LogP contribution in [0.1, 0.15) is 11.3 Å². The summed E-state index contributed by atoms with van der Waals surface area (Å²) in [7, 11) is 2.03. The number of hydrogen-bond donors (Lipinski definition) is 0. The van der Waals surface area contributed by atoms with Crippen LogP contribution in [0.2, 0.25) is 0 Å². The van der Waals surface area contributed by atoms with Crippen LogP contribution in [0.15, 0.2) is 48.7 Å². The Balaban J connectivity index is 1.93. The maximum atomic E-state index is 12.7.